The number of rotatable bonds is 2. The number of aromatic nitrogens is 2. The molecule has 0 aliphatic carbocycles. The minimum atomic E-state index is 0.688. The number of benzene rings is 3. The van der Waals surface area contributed by atoms with Crippen LogP contribution < -0.4 is 0 Å². The summed E-state index contributed by atoms with van der Waals surface area (Å²) in [5.41, 5.74) is 5.61. The minimum Gasteiger partial charge on any atom is -0.245 e. The summed E-state index contributed by atoms with van der Waals surface area (Å²) in [6.07, 6.45) is 0. The summed E-state index contributed by atoms with van der Waals surface area (Å²) in [5, 5.41) is 2.66. The molecule has 0 bridgehead atoms. The summed E-state index contributed by atoms with van der Waals surface area (Å²) in [5.74, 6) is 0. The molecular weight excluding hydrogens is 352 g/mol. The Balaban J connectivity index is 1.81. The first-order valence-corrected chi connectivity index (χ1v) is 9.18. The van der Waals surface area contributed by atoms with E-state index in [1.54, 1.807) is 0 Å². The second-order valence-electron chi connectivity index (χ2n) is 6.45. The lowest BCUT2D eigenvalue weighted by Crippen LogP contribution is -1.91. The molecule has 0 atom stereocenters. The maximum Gasteiger partial charge on any atom is 0.0987 e. The van der Waals surface area contributed by atoms with Gasteiger partial charge in [0.1, 0.15) is 0 Å². The number of fused-ring (bicyclic) bond motifs is 3. The molecule has 2 nitrogen and oxygen atoms in total. The average molecular weight is 367 g/mol. The maximum absolute atomic E-state index is 6.60. The first-order valence-electron chi connectivity index (χ1n) is 8.80. The Hall–Kier alpha value is -3.23. The van der Waals surface area contributed by atoms with Crippen molar-refractivity contribution < 1.29 is 0 Å². The van der Waals surface area contributed by atoms with Crippen molar-refractivity contribution in [3.8, 4) is 22.5 Å². The van der Waals surface area contributed by atoms with Crippen LogP contribution >= 0.6 is 11.6 Å². The van der Waals surface area contributed by atoms with Crippen LogP contribution in [0.15, 0.2) is 91.0 Å². The van der Waals surface area contributed by atoms with Crippen LogP contribution in [0.4, 0.5) is 0 Å². The Labute approximate surface area is 162 Å². The van der Waals surface area contributed by atoms with Crippen LogP contribution in [-0.4, -0.2) is 9.97 Å². The summed E-state index contributed by atoms with van der Waals surface area (Å²) in [7, 11) is 0. The molecule has 27 heavy (non-hydrogen) atoms. The maximum atomic E-state index is 6.60. The predicted molar refractivity (Wildman–Crippen MR) is 113 cm³/mol. The van der Waals surface area contributed by atoms with Crippen LogP contribution in [0.3, 0.4) is 0 Å². The average Bonchev–Trinajstić information content (AvgIpc) is 2.74. The van der Waals surface area contributed by atoms with E-state index in [0.29, 0.717) is 5.02 Å². The standard InChI is InChI=1S/C24H15ClN2/c25-20-15-22(17-9-5-2-6-10-17)27-24-19(20)13-11-18-12-14-21(26-23(18)24)16-7-3-1-4-8-16/h1-15H. The van der Waals surface area contributed by atoms with Gasteiger partial charge < -0.3 is 0 Å². The summed E-state index contributed by atoms with van der Waals surface area (Å²) in [6.45, 7) is 0. The fourth-order valence-corrected chi connectivity index (χ4v) is 3.61. The molecule has 0 radical (unpaired) electrons. The molecule has 2 aromatic heterocycles. The Bertz CT molecular complexity index is 1270. The Morgan fingerprint density at radius 2 is 1.15 bits per heavy atom. The van der Waals surface area contributed by atoms with E-state index in [1.165, 1.54) is 0 Å². The van der Waals surface area contributed by atoms with Gasteiger partial charge in [-0.3, -0.25) is 0 Å². The summed E-state index contributed by atoms with van der Waals surface area (Å²) < 4.78 is 0. The zero-order valence-electron chi connectivity index (χ0n) is 14.4. The van der Waals surface area contributed by atoms with E-state index in [0.717, 1.165) is 44.3 Å². The zero-order chi connectivity index (χ0) is 18.2. The van der Waals surface area contributed by atoms with Gasteiger partial charge in [0.25, 0.3) is 0 Å². The van der Waals surface area contributed by atoms with Gasteiger partial charge in [-0.1, -0.05) is 90.5 Å². The van der Waals surface area contributed by atoms with E-state index < -0.39 is 0 Å². The Morgan fingerprint density at radius 1 is 0.556 bits per heavy atom. The highest BCUT2D eigenvalue weighted by Crippen LogP contribution is 2.32. The van der Waals surface area contributed by atoms with Crippen LogP contribution in [0.25, 0.3) is 44.3 Å². The van der Waals surface area contributed by atoms with Gasteiger partial charge in [0, 0.05) is 21.9 Å². The van der Waals surface area contributed by atoms with Crippen LogP contribution in [0.5, 0.6) is 0 Å². The quantitative estimate of drug-likeness (QED) is 0.322. The van der Waals surface area contributed by atoms with Crippen LogP contribution in [0.2, 0.25) is 5.02 Å². The highest BCUT2D eigenvalue weighted by Gasteiger charge is 2.11. The van der Waals surface area contributed by atoms with E-state index in [-0.39, 0.29) is 0 Å². The minimum absolute atomic E-state index is 0.688. The van der Waals surface area contributed by atoms with E-state index in [2.05, 4.69) is 24.3 Å². The summed E-state index contributed by atoms with van der Waals surface area (Å²) >= 11 is 6.60. The van der Waals surface area contributed by atoms with Gasteiger partial charge in [-0.2, -0.15) is 0 Å². The third-order valence-electron chi connectivity index (χ3n) is 4.73. The molecule has 0 saturated heterocycles. The molecule has 0 aliphatic rings. The van der Waals surface area contributed by atoms with Crippen molar-refractivity contribution in [1.29, 1.82) is 0 Å². The monoisotopic (exact) mass is 366 g/mol. The Kier molecular flexibility index (Phi) is 3.84. The van der Waals surface area contributed by atoms with Crippen molar-refractivity contribution in [2.45, 2.75) is 0 Å². The van der Waals surface area contributed by atoms with E-state index >= 15 is 0 Å². The first kappa shape index (κ1) is 16.0. The summed E-state index contributed by atoms with van der Waals surface area (Å²) in [6, 6.07) is 30.4. The second kappa shape index (κ2) is 6.49. The number of hydrogen-bond donors (Lipinski definition) is 0. The summed E-state index contributed by atoms with van der Waals surface area (Å²) in [4.78, 5) is 9.85. The van der Waals surface area contributed by atoms with Crippen LogP contribution in [0, 0.1) is 0 Å². The van der Waals surface area contributed by atoms with Gasteiger partial charge in [-0.15, -0.1) is 0 Å². The second-order valence-corrected chi connectivity index (χ2v) is 6.86. The normalized spacial score (nSPS) is 11.1. The molecule has 2 heterocycles. The molecule has 0 saturated carbocycles. The lowest BCUT2D eigenvalue weighted by Gasteiger charge is -2.09. The van der Waals surface area contributed by atoms with Crippen molar-refractivity contribution in [2.24, 2.45) is 0 Å². The highest BCUT2D eigenvalue weighted by atomic mass is 35.5. The SMILES string of the molecule is Clc1cc(-c2ccccc2)nc2c1ccc1ccc(-c3ccccc3)nc12. The number of nitrogens with zero attached hydrogens (tertiary/aromatic N) is 2. The predicted octanol–water partition coefficient (Wildman–Crippen LogP) is 6.77. The molecule has 0 aliphatic heterocycles. The third kappa shape index (κ3) is 2.84. The number of hydrogen-bond acceptors (Lipinski definition) is 2. The van der Waals surface area contributed by atoms with E-state index in [9.17, 15) is 0 Å². The third-order valence-corrected chi connectivity index (χ3v) is 5.04. The van der Waals surface area contributed by atoms with Gasteiger partial charge in [-0.05, 0) is 12.1 Å². The van der Waals surface area contributed by atoms with Crippen molar-refractivity contribution in [2.75, 3.05) is 0 Å². The van der Waals surface area contributed by atoms with Gasteiger partial charge >= 0.3 is 0 Å². The van der Waals surface area contributed by atoms with E-state index in [4.69, 9.17) is 21.6 Å². The number of halogens is 1. The smallest absolute Gasteiger partial charge is 0.0987 e. The lowest BCUT2D eigenvalue weighted by atomic mass is 10.1. The molecule has 0 N–H and O–H groups in total. The van der Waals surface area contributed by atoms with Crippen molar-refractivity contribution in [3.05, 3.63) is 96.0 Å². The van der Waals surface area contributed by atoms with Crippen molar-refractivity contribution in [1.82, 2.24) is 9.97 Å². The first-order chi connectivity index (χ1) is 13.3. The van der Waals surface area contributed by atoms with Crippen molar-refractivity contribution >= 4 is 33.4 Å². The molecule has 5 rings (SSSR count). The molecular formula is C24H15ClN2. The lowest BCUT2D eigenvalue weighted by molar-refractivity contribution is 1.36. The number of pyridine rings is 2. The van der Waals surface area contributed by atoms with Gasteiger partial charge in [0.2, 0.25) is 0 Å². The fourth-order valence-electron chi connectivity index (χ4n) is 3.36. The van der Waals surface area contributed by atoms with Crippen LogP contribution in [-0.2, 0) is 0 Å². The van der Waals surface area contributed by atoms with Gasteiger partial charge in [-0.25, -0.2) is 9.97 Å². The molecule has 0 unspecified atom stereocenters. The molecule has 3 heteroatoms. The highest BCUT2D eigenvalue weighted by molar-refractivity contribution is 6.36. The largest absolute Gasteiger partial charge is 0.245 e. The van der Waals surface area contributed by atoms with Crippen LogP contribution in [0.1, 0.15) is 0 Å². The molecule has 3 aromatic carbocycles. The topological polar surface area (TPSA) is 25.8 Å². The Morgan fingerprint density at radius 3 is 1.85 bits per heavy atom. The van der Waals surface area contributed by atoms with Crippen molar-refractivity contribution in [3.63, 3.8) is 0 Å². The molecule has 128 valence electrons. The zero-order valence-corrected chi connectivity index (χ0v) is 15.2. The molecule has 0 spiro atoms. The van der Waals surface area contributed by atoms with Gasteiger partial charge in [0.05, 0.1) is 27.4 Å². The van der Waals surface area contributed by atoms with Gasteiger partial charge in [0.15, 0.2) is 0 Å². The fraction of sp³-hybridized carbons (Fsp3) is 0. The molecule has 0 fully saturated rings. The molecule has 5 aromatic rings. The van der Waals surface area contributed by atoms with E-state index in [1.807, 2.05) is 66.7 Å². The molecule has 0 amide bonds.